The molecule has 2 N–H and O–H groups in total. The van der Waals surface area contributed by atoms with Crippen LogP contribution in [0.2, 0.25) is 0 Å². The Labute approximate surface area is 130 Å². The second kappa shape index (κ2) is 6.39. The lowest BCUT2D eigenvalue weighted by molar-refractivity contribution is 0.166. The topological polar surface area (TPSA) is 81.9 Å². The molecule has 0 aromatic heterocycles. The molecule has 6 nitrogen and oxygen atoms in total. The molecule has 0 radical (unpaired) electrons. The quantitative estimate of drug-likeness (QED) is 0.872. The largest absolute Gasteiger partial charge is 0.486 e. The first-order valence-corrected chi connectivity index (χ1v) is 8.17. The van der Waals surface area contributed by atoms with Crippen LogP contribution in [0.5, 0.6) is 11.5 Å². The molecule has 0 atom stereocenters. The van der Waals surface area contributed by atoms with Gasteiger partial charge in [-0.25, -0.2) is 8.42 Å². The van der Waals surface area contributed by atoms with Crippen molar-refractivity contribution in [2.45, 2.75) is 23.8 Å². The molecule has 0 bridgehead atoms. The van der Waals surface area contributed by atoms with E-state index in [4.69, 9.17) is 15.2 Å². The first kappa shape index (κ1) is 16.4. The Morgan fingerprint density at radius 1 is 1.14 bits per heavy atom. The van der Waals surface area contributed by atoms with Crippen molar-refractivity contribution in [1.29, 1.82) is 0 Å². The van der Waals surface area contributed by atoms with Gasteiger partial charge < -0.3 is 15.2 Å². The summed E-state index contributed by atoms with van der Waals surface area (Å²) < 4.78 is 37.8. The number of ether oxygens (including phenoxy) is 2. The summed E-state index contributed by atoms with van der Waals surface area (Å²) in [7, 11) is -3.55. The van der Waals surface area contributed by atoms with Crippen molar-refractivity contribution >= 4 is 22.4 Å². The molecule has 2 aliphatic heterocycles. The van der Waals surface area contributed by atoms with Crippen molar-refractivity contribution in [1.82, 2.24) is 4.31 Å². The Balaban J connectivity index is 0.00000161. The maximum atomic E-state index is 12.7. The van der Waals surface area contributed by atoms with E-state index in [-0.39, 0.29) is 23.3 Å². The maximum Gasteiger partial charge on any atom is 0.246 e. The number of nitrogens with two attached hydrogens (primary N) is 1. The summed E-state index contributed by atoms with van der Waals surface area (Å²) in [5, 5.41) is 0. The fraction of sp³-hybridized carbons (Fsp3) is 0.538. The Hall–Kier alpha value is -1.02. The summed E-state index contributed by atoms with van der Waals surface area (Å²) in [6, 6.07) is 5.05. The molecule has 118 valence electrons. The van der Waals surface area contributed by atoms with Crippen LogP contribution in [-0.2, 0) is 10.0 Å². The fourth-order valence-electron chi connectivity index (χ4n) is 2.51. The molecule has 1 saturated heterocycles. The van der Waals surface area contributed by atoms with Gasteiger partial charge in [-0.1, -0.05) is 6.07 Å². The highest BCUT2D eigenvalue weighted by atomic mass is 35.5. The average molecular weight is 335 g/mol. The summed E-state index contributed by atoms with van der Waals surface area (Å²) >= 11 is 0. The van der Waals surface area contributed by atoms with Gasteiger partial charge >= 0.3 is 0 Å². The second-order valence-electron chi connectivity index (χ2n) is 5.02. The van der Waals surface area contributed by atoms with Crippen molar-refractivity contribution in [3.8, 4) is 11.5 Å². The van der Waals surface area contributed by atoms with Crippen LogP contribution in [0.15, 0.2) is 23.1 Å². The van der Waals surface area contributed by atoms with Crippen molar-refractivity contribution in [2.24, 2.45) is 5.73 Å². The molecule has 1 aromatic carbocycles. The fourth-order valence-corrected chi connectivity index (χ4v) is 4.12. The molecule has 2 aliphatic rings. The molecule has 0 amide bonds. The predicted octanol–water partition coefficient (Wildman–Crippen LogP) is 0.991. The van der Waals surface area contributed by atoms with E-state index in [0.717, 1.165) is 0 Å². The van der Waals surface area contributed by atoms with Crippen LogP contribution >= 0.6 is 12.4 Å². The number of benzene rings is 1. The van der Waals surface area contributed by atoms with Crippen molar-refractivity contribution in [3.63, 3.8) is 0 Å². The smallest absolute Gasteiger partial charge is 0.246 e. The van der Waals surface area contributed by atoms with E-state index < -0.39 is 10.0 Å². The molecule has 3 rings (SSSR count). The number of hydrogen-bond acceptors (Lipinski definition) is 5. The van der Waals surface area contributed by atoms with Gasteiger partial charge in [-0.05, 0) is 25.0 Å². The average Bonchev–Trinajstić information content (AvgIpc) is 2.47. The number of rotatable bonds is 2. The van der Waals surface area contributed by atoms with E-state index in [2.05, 4.69) is 0 Å². The summed E-state index contributed by atoms with van der Waals surface area (Å²) in [6.45, 7) is 1.71. The summed E-state index contributed by atoms with van der Waals surface area (Å²) in [6.07, 6.45) is 1.37. The Bertz CT molecular complexity index is 600. The predicted molar refractivity (Wildman–Crippen MR) is 80.6 cm³/mol. The third kappa shape index (κ3) is 3.11. The lowest BCUT2D eigenvalue weighted by Crippen LogP contribution is -2.42. The number of piperidine rings is 1. The number of fused-ring (bicyclic) bond motifs is 1. The van der Waals surface area contributed by atoms with Gasteiger partial charge in [0.05, 0.1) is 0 Å². The summed E-state index contributed by atoms with van der Waals surface area (Å²) in [4.78, 5) is 0.185. The second-order valence-corrected chi connectivity index (χ2v) is 6.93. The highest BCUT2D eigenvalue weighted by Gasteiger charge is 2.32. The molecule has 2 heterocycles. The number of halogens is 1. The number of para-hydroxylation sites is 1. The number of hydrogen-bond donors (Lipinski definition) is 1. The van der Waals surface area contributed by atoms with Crippen molar-refractivity contribution in [2.75, 3.05) is 26.3 Å². The summed E-state index contributed by atoms with van der Waals surface area (Å²) in [5.41, 5.74) is 5.82. The number of sulfonamides is 1. The van der Waals surface area contributed by atoms with E-state index in [9.17, 15) is 8.42 Å². The van der Waals surface area contributed by atoms with Gasteiger partial charge in [-0.15, -0.1) is 12.4 Å². The van der Waals surface area contributed by atoms with Crippen LogP contribution in [0.4, 0.5) is 0 Å². The summed E-state index contributed by atoms with van der Waals surface area (Å²) in [5.74, 6) is 0.819. The minimum absolute atomic E-state index is 0. The van der Waals surface area contributed by atoms with Crippen LogP contribution in [0, 0.1) is 0 Å². The molecule has 0 unspecified atom stereocenters. The van der Waals surface area contributed by atoms with Crippen LogP contribution in [-0.4, -0.2) is 45.1 Å². The van der Waals surface area contributed by atoms with Gasteiger partial charge in [-0.2, -0.15) is 4.31 Å². The molecular weight excluding hydrogens is 316 g/mol. The highest BCUT2D eigenvalue weighted by Crippen LogP contribution is 2.38. The zero-order valence-electron chi connectivity index (χ0n) is 11.5. The molecule has 1 fully saturated rings. The van der Waals surface area contributed by atoms with Crippen LogP contribution < -0.4 is 15.2 Å². The molecule has 0 spiro atoms. The molecule has 0 saturated carbocycles. The molecule has 8 heteroatoms. The molecule has 0 aliphatic carbocycles. The first-order valence-electron chi connectivity index (χ1n) is 6.73. The zero-order chi connectivity index (χ0) is 14.2. The molecule has 21 heavy (non-hydrogen) atoms. The van der Waals surface area contributed by atoms with E-state index >= 15 is 0 Å². The Morgan fingerprint density at radius 2 is 1.81 bits per heavy atom. The van der Waals surface area contributed by atoms with Gasteiger partial charge in [0, 0.05) is 19.1 Å². The first-order chi connectivity index (χ1) is 9.59. The minimum atomic E-state index is -3.55. The standard InChI is InChI=1S/C13H18N2O4S.ClH/c14-10-4-6-15(7-5-10)20(16,17)12-3-1-2-11-13(12)19-9-8-18-11;/h1-3,10H,4-9,14H2;1H. The van der Waals surface area contributed by atoms with Crippen LogP contribution in [0.1, 0.15) is 12.8 Å². The lowest BCUT2D eigenvalue weighted by atomic mass is 10.1. The van der Waals surface area contributed by atoms with E-state index in [1.54, 1.807) is 18.2 Å². The van der Waals surface area contributed by atoms with E-state index in [1.807, 2.05) is 0 Å². The normalized spacial score (nSPS) is 19.9. The monoisotopic (exact) mass is 334 g/mol. The van der Waals surface area contributed by atoms with Gasteiger partial charge in [0.1, 0.15) is 18.1 Å². The van der Waals surface area contributed by atoms with Crippen LogP contribution in [0.3, 0.4) is 0 Å². The van der Waals surface area contributed by atoms with Gasteiger partial charge in [0.15, 0.2) is 11.5 Å². The molecule has 1 aromatic rings. The van der Waals surface area contributed by atoms with Gasteiger partial charge in [0.2, 0.25) is 10.0 Å². The van der Waals surface area contributed by atoms with Crippen molar-refractivity contribution in [3.05, 3.63) is 18.2 Å². The van der Waals surface area contributed by atoms with E-state index in [1.165, 1.54) is 4.31 Å². The zero-order valence-corrected chi connectivity index (χ0v) is 13.2. The maximum absolute atomic E-state index is 12.7. The minimum Gasteiger partial charge on any atom is -0.486 e. The Morgan fingerprint density at radius 3 is 2.52 bits per heavy atom. The Kier molecular flexibility index (Phi) is 4.98. The van der Waals surface area contributed by atoms with Crippen LogP contribution in [0.25, 0.3) is 0 Å². The molecular formula is C13H19ClN2O4S. The van der Waals surface area contributed by atoms with Gasteiger partial charge in [0.25, 0.3) is 0 Å². The van der Waals surface area contributed by atoms with E-state index in [0.29, 0.717) is 50.6 Å². The third-order valence-electron chi connectivity index (χ3n) is 3.65. The highest BCUT2D eigenvalue weighted by molar-refractivity contribution is 7.89. The van der Waals surface area contributed by atoms with Crippen molar-refractivity contribution < 1.29 is 17.9 Å². The number of nitrogens with zero attached hydrogens (tertiary/aromatic N) is 1. The van der Waals surface area contributed by atoms with Gasteiger partial charge in [-0.3, -0.25) is 0 Å². The lowest BCUT2D eigenvalue weighted by Gasteiger charge is -2.30. The third-order valence-corrected chi connectivity index (χ3v) is 5.57. The SMILES string of the molecule is Cl.NC1CCN(S(=O)(=O)c2cccc3c2OCCO3)CC1.